The standard InChI is InChI=1S/C26H26N4O4/c1-2-22-24(32)30(26(34)29-22)21-10-6-9-20(15-21)28-25(33)27-16-23(31)19-13-11-18(12-14-19)17-7-4-3-5-8-17/h3-15,22-23,31H,2,16H2,1H3,(H,29,34)(H2,27,28,33). The molecule has 1 aliphatic rings. The molecule has 174 valence electrons. The normalized spacial score (nSPS) is 16.2. The van der Waals surface area contributed by atoms with E-state index in [1.165, 1.54) is 0 Å². The average molecular weight is 459 g/mol. The first-order valence-electron chi connectivity index (χ1n) is 11.1. The second-order valence-electron chi connectivity index (χ2n) is 7.97. The summed E-state index contributed by atoms with van der Waals surface area (Å²) in [6, 6.07) is 22.4. The zero-order chi connectivity index (χ0) is 24.1. The molecule has 3 aromatic carbocycles. The van der Waals surface area contributed by atoms with Crippen molar-refractivity contribution in [2.75, 3.05) is 16.8 Å². The SMILES string of the molecule is CCC1NC(=O)N(c2cccc(NC(=O)NCC(O)c3ccc(-c4ccccc4)cc3)c2)C1=O. The Hall–Kier alpha value is -4.17. The number of benzene rings is 3. The van der Waals surface area contributed by atoms with Crippen molar-refractivity contribution in [3.8, 4) is 11.1 Å². The summed E-state index contributed by atoms with van der Waals surface area (Å²) in [5, 5.41) is 18.4. The lowest BCUT2D eigenvalue weighted by molar-refractivity contribution is -0.118. The molecule has 34 heavy (non-hydrogen) atoms. The minimum Gasteiger partial charge on any atom is -0.387 e. The molecule has 1 fully saturated rings. The maximum absolute atomic E-state index is 12.4. The summed E-state index contributed by atoms with van der Waals surface area (Å²) in [5.74, 6) is -0.324. The summed E-state index contributed by atoms with van der Waals surface area (Å²) in [6.07, 6.45) is -0.377. The third kappa shape index (κ3) is 5.07. The molecular formula is C26H26N4O4. The number of nitrogens with one attached hydrogen (secondary N) is 3. The number of aliphatic hydroxyl groups excluding tert-OH is 1. The van der Waals surface area contributed by atoms with E-state index in [1.54, 1.807) is 24.3 Å². The van der Waals surface area contributed by atoms with Crippen molar-refractivity contribution < 1.29 is 19.5 Å². The smallest absolute Gasteiger partial charge is 0.329 e. The molecule has 3 aromatic rings. The zero-order valence-corrected chi connectivity index (χ0v) is 18.7. The van der Waals surface area contributed by atoms with Gasteiger partial charge < -0.3 is 21.1 Å². The number of anilines is 2. The first-order chi connectivity index (χ1) is 16.5. The van der Waals surface area contributed by atoms with Crippen LogP contribution in [0.1, 0.15) is 25.0 Å². The highest BCUT2D eigenvalue weighted by Crippen LogP contribution is 2.24. The lowest BCUT2D eigenvalue weighted by Crippen LogP contribution is -2.33. The van der Waals surface area contributed by atoms with Gasteiger partial charge in [-0.2, -0.15) is 0 Å². The molecule has 5 amide bonds. The van der Waals surface area contributed by atoms with E-state index in [2.05, 4.69) is 16.0 Å². The highest BCUT2D eigenvalue weighted by atomic mass is 16.3. The molecule has 1 aliphatic heterocycles. The lowest BCUT2D eigenvalue weighted by atomic mass is 10.0. The van der Waals surface area contributed by atoms with E-state index < -0.39 is 24.2 Å². The fourth-order valence-electron chi connectivity index (χ4n) is 3.79. The van der Waals surface area contributed by atoms with Gasteiger partial charge in [0, 0.05) is 12.2 Å². The van der Waals surface area contributed by atoms with Crippen molar-refractivity contribution in [3.05, 3.63) is 84.4 Å². The fourth-order valence-corrected chi connectivity index (χ4v) is 3.79. The first-order valence-corrected chi connectivity index (χ1v) is 11.1. The summed E-state index contributed by atoms with van der Waals surface area (Å²) in [4.78, 5) is 38.0. The molecule has 1 saturated heterocycles. The van der Waals surface area contributed by atoms with Gasteiger partial charge in [-0.1, -0.05) is 67.6 Å². The quantitative estimate of drug-likeness (QED) is 0.401. The predicted octanol–water partition coefficient (Wildman–Crippen LogP) is 4.04. The van der Waals surface area contributed by atoms with Crippen LogP contribution in [0.4, 0.5) is 21.0 Å². The maximum Gasteiger partial charge on any atom is 0.329 e. The molecule has 0 saturated carbocycles. The minimum absolute atomic E-state index is 0.0153. The van der Waals surface area contributed by atoms with E-state index in [0.717, 1.165) is 16.0 Å². The number of hydrogen-bond acceptors (Lipinski definition) is 4. The Morgan fingerprint density at radius 1 is 1.00 bits per heavy atom. The van der Waals surface area contributed by atoms with Crippen LogP contribution in [0.15, 0.2) is 78.9 Å². The zero-order valence-electron chi connectivity index (χ0n) is 18.7. The van der Waals surface area contributed by atoms with Crippen molar-refractivity contribution in [3.63, 3.8) is 0 Å². The second kappa shape index (κ2) is 10.2. The number of rotatable bonds is 7. The highest BCUT2D eigenvalue weighted by Gasteiger charge is 2.37. The van der Waals surface area contributed by atoms with Crippen molar-refractivity contribution in [1.29, 1.82) is 0 Å². The van der Waals surface area contributed by atoms with Gasteiger partial charge in [0.05, 0.1) is 11.8 Å². The largest absolute Gasteiger partial charge is 0.387 e. The van der Waals surface area contributed by atoms with Crippen molar-refractivity contribution in [1.82, 2.24) is 10.6 Å². The van der Waals surface area contributed by atoms with Crippen molar-refractivity contribution >= 4 is 29.3 Å². The molecule has 2 atom stereocenters. The monoisotopic (exact) mass is 458 g/mol. The number of aliphatic hydroxyl groups is 1. The predicted molar refractivity (Wildman–Crippen MR) is 130 cm³/mol. The van der Waals surface area contributed by atoms with Crippen LogP contribution in [0.5, 0.6) is 0 Å². The van der Waals surface area contributed by atoms with Crippen molar-refractivity contribution in [2.24, 2.45) is 0 Å². The summed E-state index contributed by atoms with van der Waals surface area (Å²) < 4.78 is 0. The van der Waals surface area contributed by atoms with E-state index in [9.17, 15) is 19.5 Å². The summed E-state index contributed by atoms with van der Waals surface area (Å²) >= 11 is 0. The molecule has 1 heterocycles. The van der Waals surface area contributed by atoms with E-state index in [-0.39, 0.29) is 12.5 Å². The summed E-state index contributed by atoms with van der Waals surface area (Å²) in [5.41, 5.74) is 3.59. The lowest BCUT2D eigenvalue weighted by Gasteiger charge is -2.16. The molecule has 0 spiro atoms. The van der Waals surface area contributed by atoms with Crippen LogP contribution in [0.2, 0.25) is 0 Å². The van der Waals surface area contributed by atoms with Crippen LogP contribution >= 0.6 is 0 Å². The van der Waals surface area contributed by atoms with E-state index in [1.807, 2.05) is 61.5 Å². The Labute approximate surface area is 197 Å². The Kier molecular flexibility index (Phi) is 6.89. The molecule has 8 heteroatoms. The van der Waals surface area contributed by atoms with Crippen LogP contribution in [0, 0.1) is 0 Å². The van der Waals surface area contributed by atoms with Gasteiger partial charge in [0.25, 0.3) is 5.91 Å². The van der Waals surface area contributed by atoms with Gasteiger partial charge in [0.1, 0.15) is 6.04 Å². The number of amides is 5. The van der Waals surface area contributed by atoms with Crippen LogP contribution < -0.4 is 20.9 Å². The highest BCUT2D eigenvalue weighted by molar-refractivity contribution is 6.21. The first kappa shape index (κ1) is 23.0. The van der Waals surface area contributed by atoms with Gasteiger partial charge in [-0.25, -0.2) is 14.5 Å². The molecule has 4 rings (SSSR count). The Balaban J connectivity index is 1.33. The second-order valence-corrected chi connectivity index (χ2v) is 7.97. The van der Waals surface area contributed by atoms with Crippen LogP contribution in [-0.4, -0.2) is 35.7 Å². The number of carbonyl (C=O) groups is 3. The minimum atomic E-state index is -0.876. The number of nitrogens with zero attached hydrogens (tertiary/aromatic N) is 1. The molecule has 2 unspecified atom stereocenters. The summed E-state index contributed by atoms with van der Waals surface area (Å²) in [6.45, 7) is 1.84. The molecule has 0 aromatic heterocycles. The van der Waals surface area contributed by atoms with Gasteiger partial charge in [-0.15, -0.1) is 0 Å². The Bertz CT molecular complexity index is 1180. The van der Waals surface area contributed by atoms with Gasteiger partial charge in [0.15, 0.2) is 0 Å². The topological polar surface area (TPSA) is 111 Å². The molecule has 4 N–H and O–H groups in total. The number of hydrogen-bond donors (Lipinski definition) is 4. The van der Waals surface area contributed by atoms with Crippen LogP contribution in [0.25, 0.3) is 11.1 Å². The molecular weight excluding hydrogens is 432 g/mol. The number of imide groups is 1. The van der Waals surface area contributed by atoms with E-state index in [0.29, 0.717) is 23.4 Å². The van der Waals surface area contributed by atoms with Crippen LogP contribution in [0.3, 0.4) is 0 Å². The van der Waals surface area contributed by atoms with Gasteiger partial charge >= 0.3 is 12.1 Å². The van der Waals surface area contributed by atoms with Crippen molar-refractivity contribution in [2.45, 2.75) is 25.5 Å². The Morgan fingerprint density at radius 2 is 1.71 bits per heavy atom. The number of carbonyl (C=O) groups excluding carboxylic acids is 3. The number of urea groups is 2. The Morgan fingerprint density at radius 3 is 2.38 bits per heavy atom. The molecule has 8 nitrogen and oxygen atoms in total. The summed E-state index contributed by atoms with van der Waals surface area (Å²) in [7, 11) is 0. The maximum atomic E-state index is 12.4. The van der Waals surface area contributed by atoms with E-state index in [4.69, 9.17) is 0 Å². The van der Waals surface area contributed by atoms with Gasteiger partial charge in [-0.3, -0.25) is 4.79 Å². The van der Waals surface area contributed by atoms with Gasteiger partial charge in [0.2, 0.25) is 0 Å². The molecule has 0 aliphatic carbocycles. The van der Waals surface area contributed by atoms with E-state index >= 15 is 0 Å². The molecule has 0 radical (unpaired) electrons. The van der Waals surface area contributed by atoms with Gasteiger partial charge in [-0.05, 0) is 41.3 Å². The third-order valence-corrected chi connectivity index (χ3v) is 5.65. The third-order valence-electron chi connectivity index (χ3n) is 5.65. The average Bonchev–Trinajstić information content (AvgIpc) is 3.16. The molecule has 0 bridgehead atoms. The fraction of sp³-hybridized carbons (Fsp3) is 0.192. The van der Waals surface area contributed by atoms with Crippen LogP contribution in [-0.2, 0) is 4.79 Å².